The number of hydrogen-bond acceptors (Lipinski definition) is 2. The van der Waals surface area contributed by atoms with Gasteiger partial charge in [-0.1, -0.05) is 26.0 Å². The first-order chi connectivity index (χ1) is 6.96. The second kappa shape index (κ2) is 4.67. The number of hydrogen-bond donors (Lipinski definition) is 1. The van der Waals surface area contributed by atoms with Gasteiger partial charge in [0.2, 0.25) is 0 Å². The summed E-state index contributed by atoms with van der Waals surface area (Å²) >= 11 is 0. The van der Waals surface area contributed by atoms with Gasteiger partial charge in [-0.25, -0.2) is 0 Å². The van der Waals surface area contributed by atoms with E-state index in [1.165, 1.54) is 11.1 Å². The molecular weight excluding hydrogens is 188 g/mol. The molecule has 0 saturated carbocycles. The maximum atomic E-state index is 9.12. The second-order valence-electron chi connectivity index (χ2n) is 4.81. The lowest BCUT2D eigenvalue weighted by molar-refractivity contribution is 0.0972. The first kappa shape index (κ1) is 12.1. The Bertz CT molecular complexity index is 329. The quantitative estimate of drug-likeness (QED) is 0.824. The van der Waals surface area contributed by atoms with E-state index in [1.807, 2.05) is 26.0 Å². The van der Waals surface area contributed by atoms with Gasteiger partial charge in [-0.05, 0) is 31.0 Å². The fraction of sp³-hybridized carbons (Fsp3) is 0.538. The Morgan fingerprint density at radius 2 is 1.93 bits per heavy atom. The van der Waals surface area contributed by atoms with Crippen molar-refractivity contribution in [1.29, 1.82) is 0 Å². The van der Waals surface area contributed by atoms with Gasteiger partial charge in [0.1, 0.15) is 5.75 Å². The lowest BCUT2D eigenvalue weighted by atomic mass is 9.96. The highest BCUT2D eigenvalue weighted by Gasteiger charge is 2.17. The Morgan fingerprint density at radius 1 is 1.27 bits per heavy atom. The fourth-order valence-corrected chi connectivity index (χ4v) is 1.20. The minimum atomic E-state index is -0.184. The summed E-state index contributed by atoms with van der Waals surface area (Å²) in [6.45, 7) is 8.76. The first-order valence-electron chi connectivity index (χ1n) is 5.26. The SMILES string of the molecule is Cc1cccc(OCC(C)(C)CO)c1C. The Hall–Kier alpha value is -1.02. The summed E-state index contributed by atoms with van der Waals surface area (Å²) in [6.07, 6.45) is 0. The molecule has 0 aliphatic rings. The smallest absolute Gasteiger partial charge is 0.122 e. The molecule has 1 rings (SSSR count). The number of aliphatic hydroxyl groups is 1. The topological polar surface area (TPSA) is 29.5 Å². The monoisotopic (exact) mass is 208 g/mol. The van der Waals surface area contributed by atoms with E-state index in [1.54, 1.807) is 0 Å². The molecule has 1 N–H and O–H groups in total. The Kier molecular flexibility index (Phi) is 3.75. The van der Waals surface area contributed by atoms with Crippen LogP contribution in [0.4, 0.5) is 0 Å². The van der Waals surface area contributed by atoms with E-state index in [-0.39, 0.29) is 12.0 Å². The van der Waals surface area contributed by atoms with E-state index in [0.29, 0.717) is 6.61 Å². The Balaban J connectivity index is 2.70. The summed E-state index contributed by atoms with van der Waals surface area (Å²) in [5.41, 5.74) is 2.22. The van der Waals surface area contributed by atoms with Gasteiger partial charge >= 0.3 is 0 Å². The van der Waals surface area contributed by atoms with Crippen molar-refractivity contribution in [2.45, 2.75) is 27.7 Å². The molecule has 0 unspecified atom stereocenters. The number of ether oxygens (including phenoxy) is 1. The van der Waals surface area contributed by atoms with Crippen LogP contribution in [0.1, 0.15) is 25.0 Å². The van der Waals surface area contributed by atoms with Gasteiger partial charge in [-0.3, -0.25) is 0 Å². The highest BCUT2D eigenvalue weighted by atomic mass is 16.5. The van der Waals surface area contributed by atoms with Gasteiger partial charge in [0.15, 0.2) is 0 Å². The summed E-state index contributed by atoms with van der Waals surface area (Å²) < 4.78 is 5.71. The van der Waals surface area contributed by atoms with Crippen molar-refractivity contribution >= 4 is 0 Å². The van der Waals surface area contributed by atoms with Crippen molar-refractivity contribution < 1.29 is 9.84 Å². The molecule has 0 fully saturated rings. The number of rotatable bonds is 4. The highest BCUT2D eigenvalue weighted by Crippen LogP contribution is 2.23. The van der Waals surface area contributed by atoms with Gasteiger partial charge in [0.05, 0.1) is 13.2 Å². The van der Waals surface area contributed by atoms with Gasteiger partial charge < -0.3 is 9.84 Å². The molecule has 0 saturated heterocycles. The van der Waals surface area contributed by atoms with Gasteiger partial charge in [0.25, 0.3) is 0 Å². The molecule has 1 aromatic rings. The van der Waals surface area contributed by atoms with Crippen LogP contribution in [0.15, 0.2) is 18.2 Å². The predicted octanol–water partition coefficient (Wildman–Crippen LogP) is 2.70. The standard InChI is InChI=1S/C13H20O2/c1-10-6-5-7-12(11(10)2)15-9-13(3,4)8-14/h5-7,14H,8-9H2,1-4H3. The van der Waals surface area contributed by atoms with Crippen molar-refractivity contribution in [2.24, 2.45) is 5.41 Å². The molecule has 0 aliphatic carbocycles. The van der Waals surface area contributed by atoms with Crippen LogP contribution < -0.4 is 4.74 Å². The molecule has 2 nitrogen and oxygen atoms in total. The maximum absolute atomic E-state index is 9.12. The molecule has 1 aromatic carbocycles. The van der Waals surface area contributed by atoms with Gasteiger partial charge in [0, 0.05) is 5.41 Å². The molecule has 2 heteroatoms. The van der Waals surface area contributed by atoms with Crippen molar-refractivity contribution in [3.05, 3.63) is 29.3 Å². The summed E-state index contributed by atoms with van der Waals surface area (Å²) in [7, 11) is 0. The van der Waals surface area contributed by atoms with Crippen LogP contribution in [-0.4, -0.2) is 18.3 Å². The number of aliphatic hydroxyl groups excluding tert-OH is 1. The molecular formula is C13H20O2. The van der Waals surface area contributed by atoms with Crippen LogP contribution >= 0.6 is 0 Å². The maximum Gasteiger partial charge on any atom is 0.122 e. The van der Waals surface area contributed by atoms with E-state index < -0.39 is 0 Å². The normalized spacial score (nSPS) is 11.5. The Labute approximate surface area is 91.9 Å². The molecule has 84 valence electrons. The van der Waals surface area contributed by atoms with Crippen molar-refractivity contribution in [3.63, 3.8) is 0 Å². The van der Waals surface area contributed by atoms with Gasteiger partial charge in [-0.2, -0.15) is 0 Å². The zero-order chi connectivity index (χ0) is 11.5. The third-order valence-corrected chi connectivity index (χ3v) is 2.60. The third-order valence-electron chi connectivity index (χ3n) is 2.60. The molecule has 0 radical (unpaired) electrons. The van der Waals surface area contributed by atoms with E-state index in [0.717, 1.165) is 5.75 Å². The van der Waals surface area contributed by atoms with Crippen LogP contribution in [0.3, 0.4) is 0 Å². The minimum Gasteiger partial charge on any atom is -0.493 e. The Morgan fingerprint density at radius 3 is 2.53 bits per heavy atom. The van der Waals surface area contributed by atoms with Crippen molar-refractivity contribution in [3.8, 4) is 5.75 Å². The first-order valence-corrected chi connectivity index (χ1v) is 5.26. The summed E-state index contributed by atoms with van der Waals surface area (Å²) in [5.74, 6) is 0.913. The number of aryl methyl sites for hydroxylation is 1. The third kappa shape index (κ3) is 3.24. The summed E-state index contributed by atoms with van der Waals surface area (Å²) in [6, 6.07) is 6.03. The summed E-state index contributed by atoms with van der Waals surface area (Å²) in [5, 5.41) is 9.12. The second-order valence-corrected chi connectivity index (χ2v) is 4.81. The molecule has 0 aliphatic heterocycles. The van der Waals surface area contributed by atoms with E-state index >= 15 is 0 Å². The zero-order valence-corrected chi connectivity index (χ0v) is 10.0. The largest absolute Gasteiger partial charge is 0.493 e. The molecule has 15 heavy (non-hydrogen) atoms. The molecule has 0 aromatic heterocycles. The predicted molar refractivity (Wildman–Crippen MR) is 62.3 cm³/mol. The average Bonchev–Trinajstić information content (AvgIpc) is 2.20. The van der Waals surface area contributed by atoms with Crippen LogP contribution in [-0.2, 0) is 0 Å². The molecule has 0 spiro atoms. The average molecular weight is 208 g/mol. The molecule has 0 atom stereocenters. The van der Waals surface area contributed by atoms with Crippen LogP contribution in [0, 0.1) is 19.3 Å². The molecule has 0 amide bonds. The van der Waals surface area contributed by atoms with E-state index in [4.69, 9.17) is 9.84 Å². The van der Waals surface area contributed by atoms with E-state index in [2.05, 4.69) is 19.9 Å². The molecule has 0 heterocycles. The minimum absolute atomic E-state index is 0.137. The lowest BCUT2D eigenvalue weighted by Crippen LogP contribution is -2.25. The molecule has 0 bridgehead atoms. The fourth-order valence-electron chi connectivity index (χ4n) is 1.20. The number of benzene rings is 1. The zero-order valence-electron chi connectivity index (χ0n) is 10.0. The van der Waals surface area contributed by atoms with E-state index in [9.17, 15) is 0 Å². The summed E-state index contributed by atoms with van der Waals surface area (Å²) in [4.78, 5) is 0. The van der Waals surface area contributed by atoms with Crippen LogP contribution in [0.5, 0.6) is 5.75 Å². The van der Waals surface area contributed by atoms with Crippen molar-refractivity contribution in [1.82, 2.24) is 0 Å². The lowest BCUT2D eigenvalue weighted by Gasteiger charge is -2.22. The highest BCUT2D eigenvalue weighted by molar-refractivity contribution is 5.38. The van der Waals surface area contributed by atoms with Crippen LogP contribution in [0.2, 0.25) is 0 Å². The van der Waals surface area contributed by atoms with Gasteiger partial charge in [-0.15, -0.1) is 0 Å². The van der Waals surface area contributed by atoms with Crippen LogP contribution in [0.25, 0.3) is 0 Å². The van der Waals surface area contributed by atoms with Crippen molar-refractivity contribution in [2.75, 3.05) is 13.2 Å².